The van der Waals surface area contributed by atoms with Crippen LogP contribution in [0.15, 0.2) is 25.6 Å². The van der Waals surface area contributed by atoms with Gasteiger partial charge in [0.15, 0.2) is 0 Å². The molecule has 0 aliphatic carbocycles. The molecule has 0 fully saturated rings. The van der Waals surface area contributed by atoms with E-state index in [1.165, 1.54) is 14.2 Å². The van der Waals surface area contributed by atoms with Gasteiger partial charge in [-0.1, -0.05) is 15.9 Å². The fraction of sp³-hybridized carbons (Fsp3) is 0.364. The van der Waals surface area contributed by atoms with Crippen molar-refractivity contribution < 1.29 is 17.9 Å². The molecule has 21 heavy (non-hydrogen) atoms. The summed E-state index contributed by atoms with van der Waals surface area (Å²) >= 11 is 9.89. The maximum Gasteiger partial charge on any atom is 0.306 e. The molecule has 0 saturated heterocycles. The van der Waals surface area contributed by atoms with Crippen LogP contribution in [0.5, 0.6) is 0 Å². The van der Waals surface area contributed by atoms with Crippen LogP contribution in [0.1, 0.15) is 6.42 Å². The maximum absolute atomic E-state index is 12.2. The molecule has 0 spiro atoms. The predicted octanol–water partition coefficient (Wildman–Crippen LogP) is 3.13. The van der Waals surface area contributed by atoms with Gasteiger partial charge in [-0.25, -0.2) is 0 Å². The van der Waals surface area contributed by atoms with Gasteiger partial charge in [-0.15, -0.1) is 0 Å². The molecule has 0 atom stereocenters. The molecule has 1 N–H and O–H groups in total. The summed E-state index contributed by atoms with van der Waals surface area (Å²) in [5.41, 5.74) is 0.378. The summed E-state index contributed by atoms with van der Waals surface area (Å²) in [7, 11) is -1.14. The monoisotopic (exact) mass is 506 g/mol. The van der Waals surface area contributed by atoms with Gasteiger partial charge in [-0.2, -0.15) is 12.7 Å². The quantitative estimate of drug-likeness (QED) is 0.599. The number of rotatable bonds is 6. The highest BCUT2D eigenvalue weighted by Gasteiger charge is 2.21. The van der Waals surface area contributed by atoms with Gasteiger partial charge in [0, 0.05) is 27.0 Å². The van der Waals surface area contributed by atoms with Crippen LogP contribution in [0.4, 0.5) is 5.69 Å². The van der Waals surface area contributed by atoms with Crippen molar-refractivity contribution in [3.63, 3.8) is 0 Å². The molecule has 6 nitrogen and oxygen atoms in total. The smallest absolute Gasteiger partial charge is 0.306 e. The third kappa shape index (κ3) is 5.51. The number of benzene rings is 1. The number of carbonyl (C=O) groups is 1. The summed E-state index contributed by atoms with van der Waals surface area (Å²) in [5.74, 6) is -0.469. The van der Waals surface area contributed by atoms with E-state index in [-0.39, 0.29) is 13.0 Å². The Hall–Kier alpha value is -0.160. The van der Waals surface area contributed by atoms with E-state index < -0.39 is 16.2 Å². The molecule has 0 amide bonds. The highest BCUT2D eigenvalue weighted by atomic mass is 79.9. The van der Waals surface area contributed by atoms with E-state index in [2.05, 4.69) is 57.2 Å². The Morgan fingerprint density at radius 3 is 2.29 bits per heavy atom. The van der Waals surface area contributed by atoms with Gasteiger partial charge in [0.05, 0.1) is 19.2 Å². The molecule has 0 unspecified atom stereocenters. The third-order valence-corrected chi connectivity index (χ3v) is 5.68. The summed E-state index contributed by atoms with van der Waals surface area (Å²) in [6.45, 7) is 0.0216. The van der Waals surface area contributed by atoms with Crippen molar-refractivity contribution in [1.29, 1.82) is 0 Å². The number of nitrogens with zero attached hydrogens (tertiary/aromatic N) is 1. The summed E-state index contributed by atoms with van der Waals surface area (Å²) < 4.78 is 34.3. The van der Waals surface area contributed by atoms with Gasteiger partial charge >= 0.3 is 16.2 Å². The second-order valence-electron chi connectivity index (χ2n) is 4.00. The van der Waals surface area contributed by atoms with Crippen molar-refractivity contribution in [1.82, 2.24) is 4.31 Å². The van der Waals surface area contributed by atoms with Crippen molar-refractivity contribution in [2.24, 2.45) is 0 Å². The standard InChI is InChI=1S/C11H13Br3N2O4S/c1-16(4-3-10(17)20-2)21(18,19)15-11-8(13)5-7(12)6-9(11)14/h5-6,15H,3-4H2,1-2H3. The first-order valence-corrected chi connectivity index (χ1v) is 9.44. The van der Waals surface area contributed by atoms with Crippen molar-refractivity contribution in [2.45, 2.75) is 6.42 Å². The third-order valence-electron chi connectivity index (χ3n) is 2.51. The second kappa shape index (κ2) is 7.91. The van der Waals surface area contributed by atoms with Crippen LogP contribution in [0, 0.1) is 0 Å². The molecule has 0 bridgehead atoms. The van der Waals surface area contributed by atoms with E-state index in [1.807, 2.05) is 0 Å². The number of methoxy groups -OCH3 is 1. The average molecular weight is 509 g/mol. The van der Waals surface area contributed by atoms with E-state index in [0.717, 1.165) is 8.78 Å². The van der Waals surface area contributed by atoms with Crippen molar-refractivity contribution in [3.05, 3.63) is 25.6 Å². The molecular formula is C11H13Br3N2O4S. The molecule has 0 saturated carbocycles. The number of hydrogen-bond donors (Lipinski definition) is 1. The van der Waals surface area contributed by atoms with Crippen LogP contribution >= 0.6 is 47.8 Å². The van der Waals surface area contributed by atoms with Gasteiger partial charge < -0.3 is 4.74 Å². The Bertz CT molecular complexity index is 613. The molecule has 0 aliphatic heterocycles. The van der Waals surface area contributed by atoms with Gasteiger partial charge in [0.25, 0.3) is 0 Å². The molecule has 0 heterocycles. The molecule has 1 aromatic carbocycles. The van der Waals surface area contributed by atoms with E-state index in [1.54, 1.807) is 12.1 Å². The number of carbonyl (C=O) groups excluding carboxylic acids is 1. The second-order valence-corrected chi connectivity index (χ2v) is 8.40. The van der Waals surface area contributed by atoms with Crippen molar-refractivity contribution in [3.8, 4) is 0 Å². The first kappa shape index (κ1) is 18.9. The number of halogens is 3. The Morgan fingerprint density at radius 2 is 1.81 bits per heavy atom. The predicted molar refractivity (Wildman–Crippen MR) is 91.3 cm³/mol. The Balaban J connectivity index is 2.88. The van der Waals surface area contributed by atoms with Crippen LogP contribution in [-0.4, -0.2) is 39.4 Å². The highest BCUT2D eigenvalue weighted by molar-refractivity contribution is 9.11. The first-order chi connectivity index (χ1) is 9.67. The number of esters is 1. The Kier molecular flexibility index (Phi) is 7.11. The molecule has 1 aromatic rings. The van der Waals surface area contributed by atoms with Crippen molar-refractivity contribution in [2.75, 3.05) is 25.4 Å². The fourth-order valence-corrected chi connectivity index (χ4v) is 5.00. The van der Waals surface area contributed by atoms with Gasteiger partial charge in [0.2, 0.25) is 0 Å². The number of hydrogen-bond acceptors (Lipinski definition) is 4. The lowest BCUT2D eigenvalue weighted by Gasteiger charge is -2.19. The lowest BCUT2D eigenvalue weighted by atomic mass is 10.3. The summed E-state index contributed by atoms with van der Waals surface area (Å²) in [6.07, 6.45) is -0.0173. The maximum atomic E-state index is 12.2. The highest BCUT2D eigenvalue weighted by Crippen LogP contribution is 2.35. The number of ether oxygens (including phenoxy) is 1. The summed E-state index contributed by atoms with van der Waals surface area (Å²) in [6, 6.07) is 3.44. The molecule has 10 heteroatoms. The fourth-order valence-electron chi connectivity index (χ4n) is 1.32. The molecule has 1 rings (SSSR count). The molecule has 0 aliphatic rings. The van der Waals surface area contributed by atoms with Crippen LogP contribution in [0.2, 0.25) is 0 Å². The van der Waals surface area contributed by atoms with Crippen molar-refractivity contribution >= 4 is 69.7 Å². The Labute approximate surface area is 148 Å². The molecular weight excluding hydrogens is 496 g/mol. The minimum atomic E-state index is -3.77. The zero-order chi connectivity index (χ0) is 16.2. The van der Waals surface area contributed by atoms with E-state index >= 15 is 0 Å². The van der Waals surface area contributed by atoms with E-state index in [9.17, 15) is 13.2 Å². The SMILES string of the molecule is COC(=O)CCN(C)S(=O)(=O)Nc1c(Br)cc(Br)cc1Br. The topological polar surface area (TPSA) is 75.7 Å². The lowest BCUT2D eigenvalue weighted by molar-refractivity contribution is -0.140. The van der Waals surface area contributed by atoms with Crippen LogP contribution < -0.4 is 4.72 Å². The number of nitrogens with one attached hydrogen (secondary N) is 1. The Morgan fingerprint density at radius 1 is 1.29 bits per heavy atom. The summed E-state index contributed by atoms with van der Waals surface area (Å²) in [4.78, 5) is 11.1. The average Bonchev–Trinajstić information content (AvgIpc) is 2.39. The van der Waals surface area contributed by atoms with Crippen LogP contribution in [0.3, 0.4) is 0 Å². The zero-order valence-electron chi connectivity index (χ0n) is 11.2. The lowest BCUT2D eigenvalue weighted by Crippen LogP contribution is -2.34. The molecule has 0 radical (unpaired) electrons. The minimum Gasteiger partial charge on any atom is -0.469 e. The number of anilines is 1. The minimum absolute atomic E-state index is 0.0173. The van der Waals surface area contributed by atoms with Gasteiger partial charge in [-0.05, 0) is 44.0 Å². The van der Waals surface area contributed by atoms with E-state index in [4.69, 9.17) is 0 Å². The van der Waals surface area contributed by atoms with Crippen LogP contribution in [0.25, 0.3) is 0 Å². The van der Waals surface area contributed by atoms with Gasteiger partial charge in [0.1, 0.15) is 0 Å². The normalized spacial score (nSPS) is 11.5. The zero-order valence-corrected chi connectivity index (χ0v) is 16.8. The first-order valence-electron chi connectivity index (χ1n) is 5.63. The molecule has 0 aromatic heterocycles. The van der Waals surface area contributed by atoms with Crippen LogP contribution in [-0.2, 0) is 19.7 Å². The molecule has 118 valence electrons. The van der Waals surface area contributed by atoms with Gasteiger partial charge in [-0.3, -0.25) is 9.52 Å². The summed E-state index contributed by atoms with van der Waals surface area (Å²) in [5, 5.41) is 0. The van der Waals surface area contributed by atoms with E-state index in [0.29, 0.717) is 14.6 Å². The largest absolute Gasteiger partial charge is 0.469 e.